The van der Waals surface area contributed by atoms with Gasteiger partial charge in [-0.1, -0.05) is 36.4 Å². The molecule has 1 fully saturated rings. The Morgan fingerprint density at radius 2 is 1.76 bits per heavy atom. The largest absolute Gasteiger partial charge is 0.341 e. The van der Waals surface area contributed by atoms with Gasteiger partial charge in [-0.05, 0) is 17.7 Å². The number of halogens is 2. The van der Waals surface area contributed by atoms with Crippen LogP contribution in [0.1, 0.15) is 12.0 Å². The highest BCUT2D eigenvalue weighted by Gasteiger charge is 2.38. The molecule has 25 heavy (non-hydrogen) atoms. The summed E-state index contributed by atoms with van der Waals surface area (Å²) in [6.07, 6.45) is -0.0499. The molecule has 1 heterocycles. The fourth-order valence-electron chi connectivity index (χ4n) is 3.08. The molecule has 0 aromatic heterocycles. The van der Waals surface area contributed by atoms with E-state index in [0.29, 0.717) is 6.54 Å². The van der Waals surface area contributed by atoms with Crippen LogP contribution in [0.4, 0.5) is 14.5 Å². The molecule has 1 unspecified atom stereocenters. The van der Waals surface area contributed by atoms with Crippen molar-refractivity contribution in [1.29, 1.82) is 0 Å². The first-order valence-electron chi connectivity index (χ1n) is 8.00. The van der Waals surface area contributed by atoms with Gasteiger partial charge in [0.25, 0.3) is 0 Å². The minimum atomic E-state index is -0.806. The van der Waals surface area contributed by atoms with Crippen molar-refractivity contribution in [2.45, 2.75) is 13.0 Å². The van der Waals surface area contributed by atoms with Gasteiger partial charge < -0.3 is 9.80 Å². The predicted molar refractivity (Wildman–Crippen MR) is 89.7 cm³/mol. The van der Waals surface area contributed by atoms with Crippen molar-refractivity contribution in [2.24, 2.45) is 5.92 Å². The first kappa shape index (κ1) is 17.1. The Hall–Kier alpha value is -2.76. The third-order valence-electron chi connectivity index (χ3n) is 4.32. The van der Waals surface area contributed by atoms with Crippen molar-refractivity contribution in [2.75, 3.05) is 18.5 Å². The van der Waals surface area contributed by atoms with Gasteiger partial charge in [0.05, 0.1) is 5.92 Å². The van der Waals surface area contributed by atoms with Gasteiger partial charge >= 0.3 is 0 Å². The van der Waals surface area contributed by atoms with Crippen molar-refractivity contribution in [3.8, 4) is 0 Å². The van der Waals surface area contributed by atoms with Gasteiger partial charge in [-0.2, -0.15) is 0 Å². The number of benzene rings is 2. The highest BCUT2D eigenvalue weighted by atomic mass is 19.1. The van der Waals surface area contributed by atoms with Crippen LogP contribution in [0.15, 0.2) is 48.5 Å². The Labute approximate surface area is 144 Å². The van der Waals surface area contributed by atoms with E-state index < -0.39 is 23.5 Å². The average Bonchev–Trinajstić information content (AvgIpc) is 2.96. The number of hydrogen-bond acceptors (Lipinski definition) is 2. The lowest BCUT2D eigenvalue weighted by molar-refractivity contribution is -0.135. The first-order valence-corrected chi connectivity index (χ1v) is 8.00. The number of carbonyl (C=O) groups is 2. The molecule has 1 aliphatic rings. The Balaban J connectivity index is 1.72. The molecular formula is C19H18F2N2O2. The molecule has 4 nitrogen and oxygen atoms in total. The first-order chi connectivity index (χ1) is 12.0. The molecule has 2 aromatic carbocycles. The van der Waals surface area contributed by atoms with Crippen LogP contribution in [-0.2, 0) is 16.1 Å². The molecule has 6 heteroatoms. The molecule has 3 rings (SSSR count). The molecule has 0 radical (unpaired) electrons. The number of para-hydroxylation sites is 1. The van der Waals surface area contributed by atoms with Gasteiger partial charge in [0.2, 0.25) is 11.8 Å². The number of anilines is 1. The highest BCUT2D eigenvalue weighted by molar-refractivity contribution is 6.00. The normalized spacial score (nSPS) is 17.0. The minimum absolute atomic E-state index is 0.0192. The molecule has 0 bridgehead atoms. The van der Waals surface area contributed by atoms with Crippen molar-refractivity contribution < 1.29 is 18.4 Å². The van der Waals surface area contributed by atoms with E-state index in [9.17, 15) is 18.4 Å². The molecule has 130 valence electrons. The highest BCUT2D eigenvalue weighted by Crippen LogP contribution is 2.30. The summed E-state index contributed by atoms with van der Waals surface area (Å²) in [5.41, 5.74) is 0.591. The fraction of sp³-hybridized carbons (Fsp3) is 0.263. The molecule has 1 aliphatic heterocycles. The average molecular weight is 344 g/mol. The molecule has 2 amide bonds. The van der Waals surface area contributed by atoms with E-state index in [4.69, 9.17) is 0 Å². The minimum Gasteiger partial charge on any atom is -0.341 e. The maximum Gasteiger partial charge on any atom is 0.228 e. The molecule has 0 aliphatic carbocycles. The summed E-state index contributed by atoms with van der Waals surface area (Å²) < 4.78 is 27.8. The Kier molecular flexibility index (Phi) is 4.79. The maximum absolute atomic E-state index is 13.9. The number of rotatable bonds is 4. The van der Waals surface area contributed by atoms with Crippen LogP contribution in [0.3, 0.4) is 0 Å². The summed E-state index contributed by atoms with van der Waals surface area (Å²) in [4.78, 5) is 27.4. The van der Waals surface area contributed by atoms with E-state index in [1.807, 2.05) is 30.3 Å². The van der Waals surface area contributed by atoms with Crippen LogP contribution in [0, 0.1) is 17.6 Å². The van der Waals surface area contributed by atoms with Crippen molar-refractivity contribution in [3.05, 3.63) is 65.7 Å². The predicted octanol–water partition coefficient (Wildman–Crippen LogP) is 2.98. The molecule has 1 atom stereocenters. The second-order valence-electron chi connectivity index (χ2n) is 6.16. The van der Waals surface area contributed by atoms with Gasteiger partial charge in [-0.15, -0.1) is 0 Å². The molecule has 0 N–H and O–H groups in total. The van der Waals surface area contributed by atoms with Crippen molar-refractivity contribution in [1.82, 2.24) is 4.90 Å². The molecule has 0 saturated carbocycles. The lowest BCUT2D eigenvalue weighted by atomic mass is 10.1. The molecule has 2 aromatic rings. The molecule has 1 saturated heterocycles. The van der Waals surface area contributed by atoms with Crippen LogP contribution in [0.5, 0.6) is 0 Å². The van der Waals surface area contributed by atoms with Crippen molar-refractivity contribution in [3.63, 3.8) is 0 Å². The van der Waals surface area contributed by atoms with Gasteiger partial charge in [0.15, 0.2) is 0 Å². The zero-order valence-corrected chi connectivity index (χ0v) is 13.8. The van der Waals surface area contributed by atoms with Crippen LogP contribution in [0.2, 0.25) is 0 Å². The van der Waals surface area contributed by atoms with Crippen LogP contribution < -0.4 is 4.90 Å². The van der Waals surface area contributed by atoms with Gasteiger partial charge in [0, 0.05) is 26.6 Å². The van der Waals surface area contributed by atoms with Crippen molar-refractivity contribution >= 4 is 17.5 Å². The van der Waals surface area contributed by atoms with Crippen LogP contribution >= 0.6 is 0 Å². The zero-order chi connectivity index (χ0) is 18.0. The SMILES string of the molecule is CN(Cc1ccccc1)C(=O)C1CC(=O)N(c2c(F)cccc2F)C1. The van der Waals surface area contributed by atoms with Gasteiger partial charge in [-0.3, -0.25) is 9.59 Å². The van der Waals surface area contributed by atoms with E-state index in [1.165, 1.54) is 11.0 Å². The lowest BCUT2D eigenvalue weighted by Gasteiger charge is -2.22. The second-order valence-corrected chi connectivity index (χ2v) is 6.16. The Morgan fingerprint density at radius 3 is 2.40 bits per heavy atom. The molecular weight excluding hydrogens is 326 g/mol. The Morgan fingerprint density at radius 1 is 1.12 bits per heavy atom. The Bertz CT molecular complexity index is 775. The fourth-order valence-corrected chi connectivity index (χ4v) is 3.08. The monoisotopic (exact) mass is 344 g/mol. The summed E-state index contributed by atoms with van der Waals surface area (Å²) in [5.74, 6) is -2.88. The third-order valence-corrected chi connectivity index (χ3v) is 4.32. The summed E-state index contributed by atoms with van der Waals surface area (Å²) in [7, 11) is 1.66. The van der Waals surface area contributed by atoms with E-state index in [2.05, 4.69) is 0 Å². The number of hydrogen-bond donors (Lipinski definition) is 0. The lowest BCUT2D eigenvalue weighted by Crippen LogP contribution is -2.34. The summed E-state index contributed by atoms with van der Waals surface area (Å²) in [6.45, 7) is 0.396. The topological polar surface area (TPSA) is 40.6 Å². The van der Waals surface area contributed by atoms with Gasteiger partial charge in [-0.25, -0.2) is 8.78 Å². The van der Waals surface area contributed by atoms with E-state index in [-0.39, 0.29) is 24.6 Å². The van der Waals surface area contributed by atoms with Crippen LogP contribution in [-0.4, -0.2) is 30.3 Å². The standard InChI is InChI=1S/C19H18F2N2O2/c1-22(11-13-6-3-2-4-7-13)19(25)14-10-17(24)23(12-14)18-15(20)8-5-9-16(18)21/h2-9,14H,10-12H2,1H3. The quantitative estimate of drug-likeness (QED) is 0.856. The van der Waals surface area contributed by atoms with E-state index in [0.717, 1.165) is 22.6 Å². The summed E-state index contributed by atoms with van der Waals surface area (Å²) >= 11 is 0. The smallest absolute Gasteiger partial charge is 0.228 e. The summed E-state index contributed by atoms with van der Waals surface area (Å²) in [5, 5.41) is 0. The number of amides is 2. The summed E-state index contributed by atoms with van der Waals surface area (Å²) in [6, 6.07) is 12.9. The van der Waals surface area contributed by atoms with Crippen LogP contribution in [0.25, 0.3) is 0 Å². The maximum atomic E-state index is 13.9. The van der Waals surface area contributed by atoms with E-state index in [1.54, 1.807) is 7.05 Å². The number of nitrogens with zero attached hydrogens (tertiary/aromatic N) is 2. The second kappa shape index (κ2) is 7.01. The van der Waals surface area contributed by atoms with Gasteiger partial charge in [0.1, 0.15) is 17.3 Å². The zero-order valence-electron chi connectivity index (χ0n) is 13.8. The third kappa shape index (κ3) is 3.52. The number of carbonyl (C=O) groups excluding carboxylic acids is 2. The van der Waals surface area contributed by atoms with E-state index >= 15 is 0 Å². The molecule has 0 spiro atoms.